The SMILES string of the molecule is CCCCCSC(N)C(=O)O. The first-order chi connectivity index (χ1) is 5.18. The van der Waals surface area contributed by atoms with Crippen molar-refractivity contribution in [1.82, 2.24) is 0 Å². The second-order valence-electron chi connectivity index (χ2n) is 2.34. The van der Waals surface area contributed by atoms with E-state index < -0.39 is 11.3 Å². The van der Waals surface area contributed by atoms with Crippen LogP contribution in [-0.4, -0.2) is 22.2 Å². The van der Waals surface area contributed by atoms with Crippen LogP contribution in [0.1, 0.15) is 26.2 Å². The molecule has 0 aromatic carbocycles. The first-order valence-electron chi connectivity index (χ1n) is 3.78. The van der Waals surface area contributed by atoms with E-state index in [0.717, 1.165) is 25.0 Å². The minimum atomic E-state index is -0.925. The van der Waals surface area contributed by atoms with Crippen molar-refractivity contribution in [2.75, 3.05) is 5.75 Å². The number of carboxylic acids is 1. The largest absolute Gasteiger partial charge is 0.479 e. The summed E-state index contributed by atoms with van der Waals surface area (Å²) in [5.74, 6) is -0.0760. The van der Waals surface area contributed by atoms with Gasteiger partial charge >= 0.3 is 5.97 Å². The van der Waals surface area contributed by atoms with Crippen molar-refractivity contribution in [2.24, 2.45) is 5.73 Å². The van der Waals surface area contributed by atoms with Crippen molar-refractivity contribution >= 4 is 17.7 Å². The van der Waals surface area contributed by atoms with Gasteiger partial charge in [-0.1, -0.05) is 19.8 Å². The van der Waals surface area contributed by atoms with Gasteiger partial charge in [-0.15, -0.1) is 11.8 Å². The molecule has 1 atom stereocenters. The van der Waals surface area contributed by atoms with Gasteiger partial charge in [-0.25, -0.2) is 4.79 Å². The summed E-state index contributed by atoms with van der Waals surface area (Å²) in [5.41, 5.74) is 5.26. The smallest absolute Gasteiger partial charge is 0.330 e. The van der Waals surface area contributed by atoms with Crippen LogP contribution in [0.4, 0.5) is 0 Å². The molecular weight excluding hydrogens is 162 g/mol. The molecule has 66 valence electrons. The Morgan fingerprint density at radius 1 is 1.64 bits per heavy atom. The van der Waals surface area contributed by atoms with Crippen LogP contribution in [0.15, 0.2) is 0 Å². The van der Waals surface area contributed by atoms with E-state index in [0.29, 0.717) is 0 Å². The van der Waals surface area contributed by atoms with Gasteiger partial charge in [0.1, 0.15) is 5.37 Å². The van der Waals surface area contributed by atoms with E-state index in [1.165, 1.54) is 11.8 Å². The first-order valence-corrected chi connectivity index (χ1v) is 4.83. The van der Waals surface area contributed by atoms with E-state index in [4.69, 9.17) is 10.8 Å². The van der Waals surface area contributed by atoms with Crippen molar-refractivity contribution < 1.29 is 9.90 Å². The lowest BCUT2D eigenvalue weighted by Gasteiger charge is -2.04. The number of hydrogen-bond acceptors (Lipinski definition) is 3. The quantitative estimate of drug-likeness (QED) is 0.474. The molecule has 0 aromatic rings. The van der Waals surface area contributed by atoms with Crippen molar-refractivity contribution in [3.8, 4) is 0 Å². The molecule has 11 heavy (non-hydrogen) atoms. The van der Waals surface area contributed by atoms with Crippen LogP contribution < -0.4 is 5.73 Å². The third kappa shape index (κ3) is 6.19. The molecule has 0 aliphatic rings. The molecule has 0 amide bonds. The number of nitrogens with two attached hydrogens (primary N) is 1. The number of carbonyl (C=O) groups is 1. The lowest BCUT2D eigenvalue weighted by molar-refractivity contribution is -0.136. The Hall–Kier alpha value is -0.220. The summed E-state index contributed by atoms with van der Waals surface area (Å²) in [4.78, 5) is 10.2. The number of carboxylic acid groups (broad SMARTS) is 1. The van der Waals surface area contributed by atoms with Gasteiger partial charge in [0.25, 0.3) is 0 Å². The van der Waals surface area contributed by atoms with Crippen LogP contribution in [0.3, 0.4) is 0 Å². The fraction of sp³-hybridized carbons (Fsp3) is 0.857. The summed E-state index contributed by atoms with van der Waals surface area (Å²) in [5, 5.41) is 7.65. The summed E-state index contributed by atoms with van der Waals surface area (Å²) >= 11 is 1.30. The predicted molar refractivity (Wildman–Crippen MR) is 47.6 cm³/mol. The molecule has 0 saturated carbocycles. The van der Waals surface area contributed by atoms with E-state index in [1.54, 1.807) is 0 Å². The van der Waals surface area contributed by atoms with Gasteiger partial charge in [0.2, 0.25) is 0 Å². The zero-order chi connectivity index (χ0) is 8.69. The topological polar surface area (TPSA) is 63.3 Å². The summed E-state index contributed by atoms with van der Waals surface area (Å²) in [6, 6.07) is 0. The highest BCUT2D eigenvalue weighted by atomic mass is 32.2. The predicted octanol–water partition coefficient (Wildman–Crippen LogP) is 1.28. The van der Waals surface area contributed by atoms with Crippen molar-refractivity contribution in [1.29, 1.82) is 0 Å². The van der Waals surface area contributed by atoms with Crippen molar-refractivity contribution in [2.45, 2.75) is 31.6 Å². The Morgan fingerprint density at radius 3 is 2.73 bits per heavy atom. The van der Waals surface area contributed by atoms with E-state index in [-0.39, 0.29) is 0 Å². The Kier molecular flexibility index (Phi) is 6.36. The number of rotatable bonds is 6. The standard InChI is InChI=1S/C7H15NO2S/c1-2-3-4-5-11-6(8)7(9)10/h6H,2-5,8H2,1H3,(H,9,10). The second kappa shape index (κ2) is 6.49. The fourth-order valence-corrected chi connectivity index (χ4v) is 1.40. The Balaban J connectivity index is 3.17. The third-order valence-electron chi connectivity index (χ3n) is 1.29. The van der Waals surface area contributed by atoms with Crippen LogP contribution in [0.5, 0.6) is 0 Å². The molecule has 0 rings (SSSR count). The number of thioether (sulfide) groups is 1. The Labute approximate surface area is 71.3 Å². The Bertz CT molecular complexity index is 119. The highest BCUT2D eigenvalue weighted by Crippen LogP contribution is 2.09. The van der Waals surface area contributed by atoms with Gasteiger partial charge < -0.3 is 10.8 Å². The van der Waals surface area contributed by atoms with Gasteiger partial charge in [-0.05, 0) is 12.2 Å². The number of hydrogen-bond donors (Lipinski definition) is 2. The highest BCUT2D eigenvalue weighted by molar-refractivity contribution is 8.00. The molecule has 0 aliphatic carbocycles. The molecule has 0 aliphatic heterocycles. The maximum absolute atomic E-state index is 10.2. The van der Waals surface area contributed by atoms with Gasteiger partial charge in [0, 0.05) is 0 Å². The van der Waals surface area contributed by atoms with Gasteiger partial charge in [0.15, 0.2) is 0 Å². The number of unbranched alkanes of at least 4 members (excludes halogenated alkanes) is 2. The molecule has 0 aromatic heterocycles. The van der Waals surface area contributed by atoms with E-state index in [1.807, 2.05) is 0 Å². The minimum Gasteiger partial charge on any atom is -0.479 e. The molecule has 0 bridgehead atoms. The minimum absolute atomic E-state index is 0.744. The maximum atomic E-state index is 10.2. The normalized spacial score (nSPS) is 12.9. The molecule has 0 radical (unpaired) electrons. The van der Waals surface area contributed by atoms with Crippen molar-refractivity contribution in [3.05, 3.63) is 0 Å². The van der Waals surface area contributed by atoms with Crippen molar-refractivity contribution in [3.63, 3.8) is 0 Å². The maximum Gasteiger partial charge on any atom is 0.330 e. The zero-order valence-corrected chi connectivity index (χ0v) is 7.56. The fourth-order valence-electron chi connectivity index (χ4n) is 0.634. The van der Waals surface area contributed by atoms with E-state index in [2.05, 4.69) is 6.92 Å². The average molecular weight is 177 g/mol. The summed E-state index contributed by atoms with van der Waals surface area (Å²) in [7, 11) is 0. The second-order valence-corrected chi connectivity index (χ2v) is 3.59. The molecule has 0 spiro atoms. The molecule has 1 unspecified atom stereocenters. The van der Waals surface area contributed by atoms with Crippen LogP contribution in [0.25, 0.3) is 0 Å². The zero-order valence-electron chi connectivity index (χ0n) is 6.75. The monoisotopic (exact) mass is 177 g/mol. The lowest BCUT2D eigenvalue weighted by atomic mass is 10.3. The Morgan fingerprint density at radius 2 is 2.27 bits per heavy atom. The van der Waals surface area contributed by atoms with Crippen LogP contribution >= 0.6 is 11.8 Å². The molecular formula is C7H15NO2S. The van der Waals surface area contributed by atoms with E-state index >= 15 is 0 Å². The van der Waals surface area contributed by atoms with E-state index in [9.17, 15) is 4.79 Å². The number of aliphatic carboxylic acids is 1. The molecule has 0 saturated heterocycles. The summed E-state index contributed by atoms with van der Waals surface area (Å²) in [6.45, 7) is 2.11. The van der Waals surface area contributed by atoms with Crippen LogP contribution in [0, 0.1) is 0 Å². The molecule has 0 heterocycles. The van der Waals surface area contributed by atoms with Crippen LogP contribution in [-0.2, 0) is 4.79 Å². The third-order valence-corrected chi connectivity index (χ3v) is 2.37. The first kappa shape index (κ1) is 10.8. The highest BCUT2D eigenvalue weighted by Gasteiger charge is 2.09. The lowest BCUT2D eigenvalue weighted by Crippen LogP contribution is -2.26. The van der Waals surface area contributed by atoms with Gasteiger partial charge in [0.05, 0.1) is 0 Å². The molecule has 4 heteroatoms. The van der Waals surface area contributed by atoms with Crippen LogP contribution in [0.2, 0.25) is 0 Å². The van der Waals surface area contributed by atoms with Gasteiger partial charge in [-0.2, -0.15) is 0 Å². The average Bonchev–Trinajstić information content (AvgIpc) is 1.97. The molecule has 3 nitrogen and oxygen atoms in total. The molecule has 3 N–H and O–H groups in total. The molecule has 0 fully saturated rings. The summed E-state index contributed by atoms with van der Waals surface area (Å²) in [6.07, 6.45) is 3.37. The van der Waals surface area contributed by atoms with Gasteiger partial charge in [-0.3, -0.25) is 0 Å². The summed E-state index contributed by atoms with van der Waals surface area (Å²) < 4.78 is 0.